The van der Waals surface area contributed by atoms with Gasteiger partial charge in [0.1, 0.15) is 11.4 Å². The fraction of sp³-hybridized carbons (Fsp3) is 0.600. The number of likely N-dealkylation sites (N-methyl/N-ethyl adjacent to an activating group) is 1. The molecule has 1 fully saturated rings. The summed E-state index contributed by atoms with van der Waals surface area (Å²) in [6, 6.07) is 3.08. The number of hydrogen-bond acceptors (Lipinski definition) is 6. The van der Waals surface area contributed by atoms with E-state index in [1.54, 1.807) is 33.1 Å². The van der Waals surface area contributed by atoms with Crippen LogP contribution in [0.2, 0.25) is 0 Å². The maximum Gasteiger partial charge on any atom is 0.320 e. The molecule has 8 heteroatoms. The first-order valence-electron chi connectivity index (χ1n) is 9.24. The summed E-state index contributed by atoms with van der Waals surface area (Å²) in [6.45, 7) is 4.10. The normalized spacial score (nSPS) is 25.1. The number of fused-ring (bicyclic) bond motifs is 2. The van der Waals surface area contributed by atoms with Crippen molar-refractivity contribution in [3.05, 3.63) is 28.8 Å². The van der Waals surface area contributed by atoms with Crippen molar-refractivity contribution in [1.29, 1.82) is 0 Å². The molecular formula is C20H27NO7. The highest BCUT2D eigenvalue weighted by Gasteiger charge is 2.59. The average molecular weight is 393 g/mol. The van der Waals surface area contributed by atoms with Gasteiger partial charge < -0.3 is 24.8 Å². The second-order valence-corrected chi connectivity index (χ2v) is 8.12. The van der Waals surface area contributed by atoms with Gasteiger partial charge in [-0.25, -0.2) is 0 Å². The Bertz CT molecular complexity index is 786. The minimum atomic E-state index is -1.73. The monoisotopic (exact) mass is 393 g/mol. The zero-order chi connectivity index (χ0) is 20.9. The van der Waals surface area contributed by atoms with Crippen molar-refractivity contribution in [2.45, 2.75) is 43.9 Å². The number of rotatable bonds is 5. The van der Waals surface area contributed by atoms with Crippen LogP contribution in [0, 0.1) is 5.92 Å². The van der Waals surface area contributed by atoms with E-state index >= 15 is 0 Å². The zero-order valence-electron chi connectivity index (χ0n) is 16.6. The molecule has 1 aliphatic carbocycles. The van der Waals surface area contributed by atoms with E-state index in [0.29, 0.717) is 29.8 Å². The van der Waals surface area contributed by atoms with Gasteiger partial charge in [-0.1, -0.05) is 6.07 Å². The Morgan fingerprint density at radius 3 is 2.46 bits per heavy atom. The SMILES string of the molecule is COc1ccc(C(C)(C)O)c2c1C[C@H]1N(C)CCO[C@@]1(C(C(=O)O)C(=O)O)C2. The molecule has 8 nitrogen and oxygen atoms in total. The number of morpholine rings is 1. The Morgan fingerprint density at radius 1 is 1.29 bits per heavy atom. The van der Waals surface area contributed by atoms with E-state index in [1.807, 2.05) is 11.9 Å². The van der Waals surface area contributed by atoms with Crippen molar-refractivity contribution in [2.24, 2.45) is 5.92 Å². The molecule has 0 radical (unpaired) electrons. The molecule has 0 amide bonds. The van der Waals surface area contributed by atoms with Gasteiger partial charge in [0.2, 0.25) is 0 Å². The van der Waals surface area contributed by atoms with Crippen molar-refractivity contribution in [3.63, 3.8) is 0 Å². The third-order valence-electron chi connectivity index (χ3n) is 6.01. The van der Waals surface area contributed by atoms with Crippen LogP contribution in [0.1, 0.15) is 30.5 Å². The molecule has 3 rings (SSSR count). The van der Waals surface area contributed by atoms with Crippen molar-refractivity contribution < 1.29 is 34.4 Å². The molecule has 28 heavy (non-hydrogen) atoms. The van der Waals surface area contributed by atoms with Gasteiger partial charge in [0.15, 0.2) is 5.92 Å². The van der Waals surface area contributed by atoms with E-state index < -0.39 is 35.1 Å². The standard InChI is InChI=1S/C20H27NO7/c1-19(2,26)13-5-6-14(27-4)11-9-15-20(10-12(11)13,28-8-7-21(15)3)16(17(22)23)18(24)25/h5-6,15-16,26H,7-10H2,1-4H3,(H,22,23)(H,24,25)/t15-,20+/m1/s1. The Morgan fingerprint density at radius 2 is 1.93 bits per heavy atom. The summed E-state index contributed by atoms with van der Waals surface area (Å²) in [7, 11) is 3.40. The molecule has 0 saturated carbocycles. The van der Waals surface area contributed by atoms with Gasteiger partial charge in [0, 0.05) is 19.0 Å². The summed E-state index contributed by atoms with van der Waals surface area (Å²) in [6.07, 6.45) is 0.438. The van der Waals surface area contributed by atoms with Gasteiger partial charge in [-0.2, -0.15) is 0 Å². The summed E-state index contributed by atoms with van der Waals surface area (Å²) >= 11 is 0. The minimum Gasteiger partial charge on any atom is -0.496 e. The summed E-state index contributed by atoms with van der Waals surface area (Å²) in [5.74, 6) is -3.94. The number of nitrogens with zero attached hydrogens (tertiary/aromatic N) is 1. The van der Waals surface area contributed by atoms with Crippen LogP contribution < -0.4 is 4.74 Å². The third-order valence-corrected chi connectivity index (χ3v) is 6.01. The van der Waals surface area contributed by atoms with Crippen molar-refractivity contribution in [3.8, 4) is 5.75 Å². The van der Waals surface area contributed by atoms with Gasteiger partial charge in [0.25, 0.3) is 0 Å². The molecule has 3 N–H and O–H groups in total. The van der Waals surface area contributed by atoms with Crippen LogP contribution in [0.5, 0.6) is 5.75 Å². The number of ether oxygens (including phenoxy) is 2. The summed E-state index contributed by atoms with van der Waals surface area (Å²) in [5, 5.41) is 30.2. The maximum absolute atomic E-state index is 12.0. The van der Waals surface area contributed by atoms with Gasteiger partial charge in [0.05, 0.1) is 19.3 Å². The lowest BCUT2D eigenvalue weighted by molar-refractivity contribution is -0.199. The minimum absolute atomic E-state index is 0.0666. The number of aliphatic carboxylic acids is 2. The average Bonchev–Trinajstić information content (AvgIpc) is 2.57. The Labute approximate surface area is 163 Å². The van der Waals surface area contributed by atoms with E-state index in [9.17, 15) is 24.9 Å². The number of carboxylic acid groups (broad SMARTS) is 2. The van der Waals surface area contributed by atoms with E-state index in [0.717, 1.165) is 5.56 Å². The first kappa shape index (κ1) is 20.6. The highest BCUT2D eigenvalue weighted by Crippen LogP contribution is 2.46. The zero-order valence-corrected chi connectivity index (χ0v) is 16.6. The van der Waals surface area contributed by atoms with Gasteiger partial charge in [-0.3, -0.25) is 14.5 Å². The lowest BCUT2D eigenvalue weighted by Crippen LogP contribution is -2.68. The molecular weight excluding hydrogens is 366 g/mol. The summed E-state index contributed by atoms with van der Waals surface area (Å²) in [5.41, 5.74) is -0.454. The Balaban J connectivity index is 2.26. The lowest BCUT2D eigenvalue weighted by Gasteiger charge is -2.53. The third kappa shape index (κ3) is 3.15. The van der Waals surface area contributed by atoms with Crippen LogP contribution in [0.4, 0.5) is 0 Å². The predicted molar refractivity (Wildman–Crippen MR) is 99.5 cm³/mol. The molecule has 2 atom stereocenters. The highest BCUT2D eigenvalue weighted by molar-refractivity contribution is 5.95. The highest BCUT2D eigenvalue weighted by atomic mass is 16.5. The lowest BCUT2D eigenvalue weighted by atomic mass is 9.66. The van der Waals surface area contributed by atoms with Crippen LogP contribution in [-0.2, 0) is 32.8 Å². The van der Waals surface area contributed by atoms with Crippen LogP contribution in [0.25, 0.3) is 0 Å². The van der Waals surface area contributed by atoms with Crippen molar-refractivity contribution in [1.82, 2.24) is 4.90 Å². The van der Waals surface area contributed by atoms with Crippen LogP contribution >= 0.6 is 0 Å². The number of carbonyl (C=O) groups is 2. The van der Waals surface area contributed by atoms with Gasteiger partial charge in [-0.15, -0.1) is 0 Å². The van der Waals surface area contributed by atoms with Crippen molar-refractivity contribution in [2.75, 3.05) is 27.3 Å². The van der Waals surface area contributed by atoms with E-state index in [4.69, 9.17) is 9.47 Å². The number of hydrogen-bond donors (Lipinski definition) is 3. The first-order valence-corrected chi connectivity index (χ1v) is 9.24. The molecule has 1 aliphatic heterocycles. The first-order chi connectivity index (χ1) is 13.0. The van der Waals surface area contributed by atoms with Crippen LogP contribution in [0.3, 0.4) is 0 Å². The Kier molecular flexibility index (Phi) is 5.16. The molecule has 1 aromatic carbocycles. The fourth-order valence-corrected chi connectivity index (χ4v) is 4.73. The molecule has 0 bridgehead atoms. The molecule has 1 heterocycles. The second kappa shape index (κ2) is 7.02. The molecule has 0 spiro atoms. The molecule has 1 aromatic rings. The molecule has 0 aromatic heterocycles. The number of methoxy groups -OCH3 is 1. The number of carboxylic acids is 2. The fourth-order valence-electron chi connectivity index (χ4n) is 4.73. The van der Waals surface area contributed by atoms with Crippen LogP contribution in [-0.4, -0.2) is 71.1 Å². The largest absolute Gasteiger partial charge is 0.496 e. The molecule has 1 saturated heterocycles. The summed E-state index contributed by atoms with van der Waals surface area (Å²) < 4.78 is 11.5. The van der Waals surface area contributed by atoms with E-state index in [2.05, 4.69) is 0 Å². The maximum atomic E-state index is 12.0. The van der Waals surface area contributed by atoms with Crippen LogP contribution in [0.15, 0.2) is 12.1 Å². The van der Waals surface area contributed by atoms with E-state index in [1.165, 1.54) is 0 Å². The smallest absolute Gasteiger partial charge is 0.320 e. The second-order valence-electron chi connectivity index (χ2n) is 8.12. The molecule has 154 valence electrons. The van der Waals surface area contributed by atoms with Gasteiger partial charge in [-0.05, 0) is 50.1 Å². The number of aliphatic hydroxyl groups is 1. The Hall–Kier alpha value is -2.16. The molecule has 2 aliphatic rings. The quantitative estimate of drug-likeness (QED) is 0.631. The predicted octanol–water partition coefficient (Wildman–Crippen LogP) is 0.876. The topological polar surface area (TPSA) is 117 Å². The molecule has 0 unspecified atom stereocenters. The van der Waals surface area contributed by atoms with Gasteiger partial charge >= 0.3 is 11.9 Å². The number of benzene rings is 1. The van der Waals surface area contributed by atoms with E-state index in [-0.39, 0.29) is 13.0 Å². The summed E-state index contributed by atoms with van der Waals surface area (Å²) in [4.78, 5) is 25.9. The van der Waals surface area contributed by atoms with Crippen molar-refractivity contribution >= 4 is 11.9 Å².